The Labute approximate surface area is 180 Å². The molecule has 30 heavy (non-hydrogen) atoms. The quantitative estimate of drug-likeness (QED) is 0.545. The second-order valence-electron chi connectivity index (χ2n) is 7.33. The predicted octanol–water partition coefficient (Wildman–Crippen LogP) is 2.85. The summed E-state index contributed by atoms with van der Waals surface area (Å²) in [5.41, 5.74) is 2.67. The normalized spacial score (nSPS) is 23.2. The number of carbonyl (C=O) groups excluding carboxylic acids is 1. The number of carbonyl (C=O) groups is 1. The van der Waals surface area contributed by atoms with Gasteiger partial charge < -0.3 is 0 Å². The van der Waals surface area contributed by atoms with Crippen molar-refractivity contribution >= 4 is 32.7 Å². The van der Waals surface area contributed by atoms with Crippen LogP contribution in [0.4, 0.5) is 0 Å². The third-order valence-corrected chi connectivity index (χ3v) is 8.81. The lowest BCUT2D eigenvalue weighted by atomic mass is 9.98. The van der Waals surface area contributed by atoms with E-state index in [1.807, 2.05) is 30.3 Å². The van der Waals surface area contributed by atoms with Gasteiger partial charge in [-0.25, -0.2) is 13.9 Å². The van der Waals surface area contributed by atoms with Gasteiger partial charge in [0.2, 0.25) is 10.0 Å². The van der Waals surface area contributed by atoms with E-state index in [0.717, 1.165) is 10.6 Å². The fraction of sp³-hybridized carbons (Fsp3) is 0.333. The molecule has 1 saturated heterocycles. The van der Waals surface area contributed by atoms with E-state index < -0.39 is 21.2 Å². The van der Waals surface area contributed by atoms with Crippen molar-refractivity contribution < 1.29 is 18.4 Å². The number of amides is 1. The summed E-state index contributed by atoms with van der Waals surface area (Å²) in [5, 5.41) is 9.46. The van der Waals surface area contributed by atoms with Gasteiger partial charge in [0.05, 0.1) is 16.0 Å². The SMILES string of the molecule is O=C(NO)C1SC(C2CCN(S(=O)(=O)c3ccccc3)CC2)=NC1c1ccccc1. The molecular formula is C21H23N3O4S2. The number of hydrogen-bond acceptors (Lipinski definition) is 6. The molecule has 0 bridgehead atoms. The number of nitrogens with one attached hydrogen (secondary N) is 1. The van der Waals surface area contributed by atoms with E-state index in [4.69, 9.17) is 10.2 Å². The molecular weight excluding hydrogens is 422 g/mol. The van der Waals surface area contributed by atoms with Crippen LogP contribution in [0.25, 0.3) is 0 Å². The summed E-state index contributed by atoms with van der Waals surface area (Å²) < 4.78 is 27.2. The summed E-state index contributed by atoms with van der Waals surface area (Å²) in [4.78, 5) is 17.3. The van der Waals surface area contributed by atoms with E-state index in [0.29, 0.717) is 30.8 Å². The third-order valence-electron chi connectivity index (χ3n) is 5.49. The monoisotopic (exact) mass is 445 g/mol. The summed E-state index contributed by atoms with van der Waals surface area (Å²) in [7, 11) is -3.50. The Morgan fingerprint density at radius 2 is 1.63 bits per heavy atom. The van der Waals surface area contributed by atoms with Crippen LogP contribution in [0.2, 0.25) is 0 Å². The molecule has 2 aromatic rings. The maximum absolute atomic E-state index is 12.8. The average molecular weight is 446 g/mol. The van der Waals surface area contributed by atoms with Gasteiger partial charge in [0.15, 0.2) is 0 Å². The summed E-state index contributed by atoms with van der Waals surface area (Å²) in [6, 6.07) is 17.6. The molecule has 2 N–H and O–H groups in total. The van der Waals surface area contributed by atoms with Gasteiger partial charge in [-0.2, -0.15) is 4.31 Å². The minimum absolute atomic E-state index is 0.0972. The fourth-order valence-corrected chi connectivity index (χ4v) is 6.74. The maximum atomic E-state index is 12.8. The highest BCUT2D eigenvalue weighted by Crippen LogP contribution is 2.42. The van der Waals surface area contributed by atoms with E-state index in [1.54, 1.807) is 35.8 Å². The molecule has 2 aliphatic heterocycles. The second kappa shape index (κ2) is 8.89. The first-order chi connectivity index (χ1) is 14.5. The van der Waals surface area contributed by atoms with Crippen molar-refractivity contribution in [3.8, 4) is 0 Å². The number of rotatable bonds is 5. The molecule has 2 heterocycles. The largest absolute Gasteiger partial charge is 0.289 e. The van der Waals surface area contributed by atoms with Crippen molar-refractivity contribution in [3.63, 3.8) is 0 Å². The minimum Gasteiger partial charge on any atom is -0.289 e. The smallest absolute Gasteiger partial charge is 0.259 e. The van der Waals surface area contributed by atoms with Crippen LogP contribution in [0.15, 0.2) is 70.6 Å². The zero-order chi connectivity index (χ0) is 21.1. The van der Waals surface area contributed by atoms with Crippen LogP contribution >= 0.6 is 11.8 Å². The summed E-state index contributed by atoms with van der Waals surface area (Å²) in [6.07, 6.45) is 1.29. The highest BCUT2D eigenvalue weighted by Gasteiger charge is 2.40. The number of piperidine rings is 1. The summed E-state index contributed by atoms with van der Waals surface area (Å²) >= 11 is 1.37. The van der Waals surface area contributed by atoms with Gasteiger partial charge in [-0.15, -0.1) is 0 Å². The molecule has 0 radical (unpaired) electrons. The van der Waals surface area contributed by atoms with Crippen LogP contribution in [0.5, 0.6) is 0 Å². The molecule has 2 unspecified atom stereocenters. The number of benzene rings is 2. The Balaban J connectivity index is 1.48. The molecule has 0 saturated carbocycles. The van der Waals surface area contributed by atoms with Crippen molar-refractivity contribution in [2.45, 2.75) is 29.0 Å². The molecule has 2 atom stereocenters. The molecule has 7 nitrogen and oxygen atoms in total. The minimum atomic E-state index is -3.50. The van der Waals surface area contributed by atoms with Gasteiger partial charge >= 0.3 is 0 Å². The molecule has 0 spiro atoms. The van der Waals surface area contributed by atoms with E-state index in [9.17, 15) is 13.2 Å². The van der Waals surface area contributed by atoms with E-state index in [-0.39, 0.29) is 12.0 Å². The zero-order valence-electron chi connectivity index (χ0n) is 16.2. The van der Waals surface area contributed by atoms with Crippen LogP contribution in [-0.4, -0.2) is 47.2 Å². The van der Waals surface area contributed by atoms with Crippen LogP contribution in [0.1, 0.15) is 24.4 Å². The average Bonchev–Trinajstić information content (AvgIpc) is 3.25. The summed E-state index contributed by atoms with van der Waals surface area (Å²) in [5.74, 6) is -0.378. The second-order valence-corrected chi connectivity index (χ2v) is 10.4. The number of thioether (sulfide) groups is 1. The zero-order valence-corrected chi connectivity index (χ0v) is 17.8. The van der Waals surface area contributed by atoms with Crippen LogP contribution < -0.4 is 5.48 Å². The molecule has 2 aliphatic rings. The molecule has 0 aromatic heterocycles. The first-order valence-corrected chi connectivity index (χ1v) is 12.1. The Morgan fingerprint density at radius 3 is 2.23 bits per heavy atom. The van der Waals surface area contributed by atoms with Crippen LogP contribution in [-0.2, 0) is 14.8 Å². The number of aliphatic imine (C=N–C) groups is 1. The lowest BCUT2D eigenvalue weighted by Gasteiger charge is -2.31. The van der Waals surface area contributed by atoms with E-state index in [2.05, 4.69) is 0 Å². The molecule has 9 heteroatoms. The third kappa shape index (κ3) is 4.15. The maximum Gasteiger partial charge on any atom is 0.259 e. The van der Waals surface area contributed by atoms with Crippen molar-refractivity contribution in [2.24, 2.45) is 10.9 Å². The Morgan fingerprint density at radius 1 is 1.03 bits per heavy atom. The number of nitrogens with zero attached hydrogens (tertiary/aromatic N) is 2. The van der Waals surface area contributed by atoms with Crippen molar-refractivity contribution in [2.75, 3.05) is 13.1 Å². The highest BCUT2D eigenvalue weighted by molar-refractivity contribution is 8.15. The van der Waals surface area contributed by atoms with E-state index >= 15 is 0 Å². The molecule has 1 fully saturated rings. The van der Waals surface area contributed by atoms with Gasteiger partial charge in [-0.1, -0.05) is 60.3 Å². The Hall–Kier alpha value is -2.20. The standard InChI is InChI=1S/C21H23N3O4S2/c25-20(23-26)19-18(15-7-3-1-4-8-15)22-21(29-19)16-11-13-24(14-12-16)30(27,28)17-9-5-2-6-10-17/h1-10,16,18-19,26H,11-14H2,(H,23,25). The number of hydroxylamine groups is 1. The van der Waals surface area contributed by atoms with Crippen LogP contribution in [0.3, 0.4) is 0 Å². The number of hydrogen-bond donors (Lipinski definition) is 2. The first-order valence-electron chi connectivity index (χ1n) is 9.79. The van der Waals surface area contributed by atoms with Gasteiger partial charge in [0.1, 0.15) is 5.25 Å². The Kier molecular flexibility index (Phi) is 6.24. The van der Waals surface area contributed by atoms with E-state index in [1.165, 1.54) is 16.1 Å². The lowest BCUT2D eigenvalue weighted by Crippen LogP contribution is -2.39. The van der Waals surface area contributed by atoms with Crippen molar-refractivity contribution in [1.82, 2.24) is 9.79 Å². The fourth-order valence-electron chi connectivity index (χ4n) is 3.88. The first kappa shape index (κ1) is 21.0. The van der Waals surface area contributed by atoms with Gasteiger partial charge in [0, 0.05) is 19.0 Å². The molecule has 0 aliphatic carbocycles. The Bertz CT molecular complexity index is 1020. The molecule has 1 amide bonds. The highest BCUT2D eigenvalue weighted by atomic mass is 32.2. The van der Waals surface area contributed by atoms with Crippen LogP contribution in [0, 0.1) is 5.92 Å². The molecule has 158 valence electrons. The predicted molar refractivity (Wildman–Crippen MR) is 116 cm³/mol. The van der Waals surface area contributed by atoms with Crippen molar-refractivity contribution in [3.05, 3.63) is 66.2 Å². The van der Waals surface area contributed by atoms with Crippen molar-refractivity contribution in [1.29, 1.82) is 0 Å². The lowest BCUT2D eigenvalue weighted by molar-refractivity contribution is -0.128. The van der Waals surface area contributed by atoms with Gasteiger partial charge in [-0.3, -0.25) is 15.0 Å². The summed E-state index contributed by atoms with van der Waals surface area (Å²) in [6.45, 7) is 0.822. The molecule has 2 aromatic carbocycles. The number of sulfonamides is 1. The van der Waals surface area contributed by atoms with Gasteiger partial charge in [-0.05, 0) is 30.5 Å². The topological polar surface area (TPSA) is 99.1 Å². The van der Waals surface area contributed by atoms with Gasteiger partial charge in [0.25, 0.3) is 5.91 Å². The molecule has 4 rings (SSSR count).